The van der Waals surface area contributed by atoms with Gasteiger partial charge < -0.3 is 0 Å². The Morgan fingerprint density at radius 1 is 1.00 bits per heavy atom. The van der Waals surface area contributed by atoms with Crippen LogP contribution in [0.1, 0.15) is 22.8 Å². The number of ketones is 1. The lowest BCUT2D eigenvalue weighted by atomic mass is 10.0. The predicted octanol–water partition coefficient (Wildman–Crippen LogP) is 4.74. The molecular formula is C16H13BrO. The van der Waals surface area contributed by atoms with Crippen LogP contribution in [0.3, 0.4) is 0 Å². The molecule has 0 aliphatic carbocycles. The molecule has 0 radical (unpaired) electrons. The predicted molar refractivity (Wildman–Crippen MR) is 78.6 cm³/mol. The standard InChI is InChI=1S/C16H13BrO/c1-12(11-14-9-5-6-10-15(14)17)16(18)13-7-3-2-4-8-13/h2-11H,1H3/b12-11+. The molecular weight excluding hydrogens is 288 g/mol. The SMILES string of the molecule is C/C(=C\c1ccccc1Br)C(=O)c1ccccc1. The monoisotopic (exact) mass is 300 g/mol. The van der Waals surface area contributed by atoms with E-state index in [4.69, 9.17) is 0 Å². The van der Waals surface area contributed by atoms with Crippen molar-refractivity contribution in [3.8, 4) is 0 Å². The molecule has 0 N–H and O–H groups in total. The van der Waals surface area contributed by atoms with Crippen LogP contribution in [0.15, 0.2) is 64.6 Å². The Hall–Kier alpha value is -1.67. The number of hydrogen-bond acceptors (Lipinski definition) is 1. The third-order valence-electron chi connectivity index (χ3n) is 2.67. The van der Waals surface area contributed by atoms with Crippen molar-refractivity contribution in [2.45, 2.75) is 6.92 Å². The summed E-state index contributed by atoms with van der Waals surface area (Å²) >= 11 is 3.47. The number of carbonyl (C=O) groups is 1. The first-order valence-corrected chi connectivity index (χ1v) is 6.50. The van der Waals surface area contributed by atoms with E-state index in [1.54, 1.807) is 0 Å². The summed E-state index contributed by atoms with van der Waals surface area (Å²) in [6.07, 6.45) is 1.90. The van der Waals surface area contributed by atoms with Gasteiger partial charge in [-0.3, -0.25) is 4.79 Å². The van der Waals surface area contributed by atoms with Gasteiger partial charge in [-0.05, 0) is 30.2 Å². The van der Waals surface area contributed by atoms with Gasteiger partial charge in [-0.1, -0.05) is 64.5 Å². The zero-order chi connectivity index (χ0) is 13.0. The quantitative estimate of drug-likeness (QED) is 0.591. The van der Waals surface area contributed by atoms with Crippen molar-refractivity contribution in [3.05, 3.63) is 75.8 Å². The highest BCUT2D eigenvalue weighted by molar-refractivity contribution is 9.10. The molecule has 0 saturated carbocycles. The maximum Gasteiger partial charge on any atom is 0.188 e. The Morgan fingerprint density at radius 2 is 1.61 bits per heavy atom. The first-order chi connectivity index (χ1) is 8.68. The Morgan fingerprint density at radius 3 is 2.28 bits per heavy atom. The fourth-order valence-electron chi connectivity index (χ4n) is 1.71. The number of rotatable bonds is 3. The van der Waals surface area contributed by atoms with Crippen molar-refractivity contribution in [1.29, 1.82) is 0 Å². The lowest BCUT2D eigenvalue weighted by molar-refractivity contribution is 0.103. The summed E-state index contributed by atoms with van der Waals surface area (Å²) in [6, 6.07) is 17.2. The molecule has 2 heteroatoms. The van der Waals surface area contributed by atoms with E-state index in [9.17, 15) is 4.79 Å². The van der Waals surface area contributed by atoms with Gasteiger partial charge in [0.1, 0.15) is 0 Å². The largest absolute Gasteiger partial charge is 0.289 e. The Balaban J connectivity index is 2.30. The second kappa shape index (κ2) is 5.78. The molecule has 0 atom stereocenters. The summed E-state index contributed by atoms with van der Waals surface area (Å²) in [5, 5.41) is 0. The van der Waals surface area contributed by atoms with Gasteiger partial charge in [0.05, 0.1) is 0 Å². The zero-order valence-corrected chi connectivity index (χ0v) is 11.6. The van der Waals surface area contributed by atoms with E-state index in [1.165, 1.54) is 0 Å². The smallest absolute Gasteiger partial charge is 0.188 e. The lowest BCUT2D eigenvalue weighted by Gasteiger charge is -2.03. The van der Waals surface area contributed by atoms with Crippen LogP contribution in [-0.4, -0.2) is 5.78 Å². The average molecular weight is 301 g/mol. The van der Waals surface area contributed by atoms with Crippen molar-refractivity contribution in [3.63, 3.8) is 0 Å². The number of benzene rings is 2. The topological polar surface area (TPSA) is 17.1 Å². The van der Waals surface area contributed by atoms with Gasteiger partial charge in [0, 0.05) is 10.0 Å². The molecule has 0 heterocycles. The van der Waals surface area contributed by atoms with Crippen LogP contribution in [0.4, 0.5) is 0 Å². The molecule has 0 fully saturated rings. The molecule has 2 rings (SSSR count). The number of hydrogen-bond donors (Lipinski definition) is 0. The van der Waals surface area contributed by atoms with Gasteiger partial charge in [-0.2, -0.15) is 0 Å². The number of halogens is 1. The normalized spacial score (nSPS) is 11.3. The number of carbonyl (C=O) groups excluding carboxylic acids is 1. The second-order valence-electron chi connectivity index (χ2n) is 4.04. The van der Waals surface area contributed by atoms with E-state index < -0.39 is 0 Å². The molecule has 90 valence electrons. The van der Waals surface area contributed by atoms with E-state index in [0.717, 1.165) is 21.2 Å². The Kier molecular flexibility index (Phi) is 4.11. The number of Topliss-reactive ketones (excluding diaryl/α,β-unsaturated/α-hetero) is 1. The van der Waals surface area contributed by atoms with E-state index in [1.807, 2.05) is 67.6 Å². The summed E-state index contributed by atoms with van der Waals surface area (Å²) < 4.78 is 0.991. The average Bonchev–Trinajstić information content (AvgIpc) is 2.41. The van der Waals surface area contributed by atoms with E-state index in [-0.39, 0.29) is 5.78 Å². The van der Waals surface area contributed by atoms with Crippen molar-refractivity contribution in [2.24, 2.45) is 0 Å². The fraction of sp³-hybridized carbons (Fsp3) is 0.0625. The molecule has 1 nitrogen and oxygen atoms in total. The molecule has 0 bridgehead atoms. The summed E-state index contributed by atoms with van der Waals surface area (Å²) in [6.45, 7) is 1.84. The molecule has 0 aliphatic heterocycles. The molecule has 2 aromatic carbocycles. The molecule has 2 aromatic rings. The minimum atomic E-state index is 0.0614. The highest BCUT2D eigenvalue weighted by Gasteiger charge is 2.07. The van der Waals surface area contributed by atoms with Gasteiger partial charge in [-0.25, -0.2) is 0 Å². The molecule has 0 aliphatic rings. The Labute approximate surface area is 115 Å². The first kappa shape index (κ1) is 12.8. The van der Waals surface area contributed by atoms with E-state index in [2.05, 4.69) is 15.9 Å². The minimum Gasteiger partial charge on any atom is -0.289 e. The molecule has 0 saturated heterocycles. The molecule has 0 unspecified atom stereocenters. The Bertz CT molecular complexity index is 585. The van der Waals surface area contributed by atoms with Crippen LogP contribution in [0, 0.1) is 0 Å². The number of allylic oxidation sites excluding steroid dienone is 1. The van der Waals surface area contributed by atoms with Crippen LogP contribution < -0.4 is 0 Å². The zero-order valence-electron chi connectivity index (χ0n) is 10.1. The van der Waals surface area contributed by atoms with Crippen molar-refractivity contribution >= 4 is 27.8 Å². The lowest BCUT2D eigenvalue weighted by Crippen LogP contribution is -1.99. The summed E-state index contributed by atoms with van der Waals surface area (Å²) in [5.74, 6) is 0.0614. The third-order valence-corrected chi connectivity index (χ3v) is 3.39. The van der Waals surface area contributed by atoms with Crippen LogP contribution in [0.5, 0.6) is 0 Å². The van der Waals surface area contributed by atoms with Gasteiger partial charge in [0.15, 0.2) is 5.78 Å². The second-order valence-corrected chi connectivity index (χ2v) is 4.90. The van der Waals surface area contributed by atoms with Gasteiger partial charge in [0.25, 0.3) is 0 Å². The third kappa shape index (κ3) is 2.96. The van der Waals surface area contributed by atoms with Crippen molar-refractivity contribution < 1.29 is 4.79 Å². The van der Waals surface area contributed by atoms with Crippen molar-refractivity contribution in [2.75, 3.05) is 0 Å². The fourth-order valence-corrected chi connectivity index (χ4v) is 2.11. The van der Waals surface area contributed by atoms with Gasteiger partial charge in [-0.15, -0.1) is 0 Å². The highest BCUT2D eigenvalue weighted by atomic mass is 79.9. The van der Waals surface area contributed by atoms with Crippen molar-refractivity contribution in [1.82, 2.24) is 0 Å². The van der Waals surface area contributed by atoms with Gasteiger partial charge in [0.2, 0.25) is 0 Å². The summed E-state index contributed by atoms with van der Waals surface area (Å²) in [4.78, 5) is 12.2. The molecule has 0 amide bonds. The molecule has 0 spiro atoms. The van der Waals surface area contributed by atoms with E-state index in [0.29, 0.717) is 0 Å². The van der Waals surface area contributed by atoms with E-state index >= 15 is 0 Å². The van der Waals surface area contributed by atoms with Crippen LogP contribution in [-0.2, 0) is 0 Å². The first-order valence-electron chi connectivity index (χ1n) is 5.71. The maximum absolute atomic E-state index is 12.2. The minimum absolute atomic E-state index is 0.0614. The maximum atomic E-state index is 12.2. The van der Waals surface area contributed by atoms with Crippen LogP contribution in [0.2, 0.25) is 0 Å². The van der Waals surface area contributed by atoms with Crippen LogP contribution in [0.25, 0.3) is 6.08 Å². The highest BCUT2D eigenvalue weighted by Crippen LogP contribution is 2.20. The van der Waals surface area contributed by atoms with Gasteiger partial charge >= 0.3 is 0 Å². The van der Waals surface area contributed by atoms with Crippen LogP contribution >= 0.6 is 15.9 Å². The summed E-state index contributed by atoms with van der Waals surface area (Å²) in [7, 11) is 0. The summed E-state index contributed by atoms with van der Waals surface area (Å²) in [5.41, 5.74) is 2.46. The molecule has 18 heavy (non-hydrogen) atoms. The molecule has 0 aromatic heterocycles.